The number of carbonyl (C=O) groups excluding carboxylic acids is 3. The average molecular weight is 612 g/mol. The number of benzene rings is 3. The molecule has 1 saturated heterocycles. The van der Waals surface area contributed by atoms with Crippen LogP contribution in [0.25, 0.3) is 0 Å². The van der Waals surface area contributed by atoms with Gasteiger partial charge in [-0.1, -0.05) is 104 Å². The molecule has 1 fully saturated rings. The van der Waals surface area contributed by atoms with Crippen molar-refractivity contribution in [1.82, 2.24) is 4.57 Å². The fourth-order valence-corrected chi connectivity index (χ4v) is 8.51. The van der Waals surface area contributed by atoms with Crippen LogP contribution in [0.4, 0.5) is 11.4 Å². The molecular weight excluding hydrogens is 579 g/mol. The van der Waals surface area contributed by atoms with Gasteiger partial charge in [0.1, 0.15) is 11.8 Å². The number of carbonyl (C=O) groups is 3. The van der Waals surface area contributed by atoms with Crippen LogP contribution in [0.15, 0.2) is 82.6 Å². The molecule has 0 spiro atoms. The van der Waals surface area contributed by atoms with Crippen LogP contribution in [-0.4, -0.2) is 27.5 Å². The average Bonchev–Trinajstić information content (AvgIpc) is 3.40. The Hall–Kier alpha value is -3.95. The second kappa shape index (κ2) is 11.0. The van der Waals surface area contributed by atoms with Crippen LogP contribution in [0.1, 0.15) is 53.8 Å². The van der Waals surface area contributed by atoms with E-state index in [1.54, 1.807) is 12.1 Å². The lowest BCUT2D eigenvalue weighted by molar-refractivity contribution is -0.122. The molecule has 2 aliphatic rings. The summed E-state index contributed by atoms with van der Waals surface area (Å²) in [6, 6.07) is 22.9. The molecule has 0 aliphatic carbocycles. The molecule has 2 aliphatic heterocycles. The van der Waals surface area contributed by atoms with Crippen molar-refractivity contribution in [1.29, 1.82) is 0 Å². The lowest BCUT2D eigenvalue weighted by atomic mass is 9.81. The van der Waals surface area contributed by atoms with Gasteiger partial charge in [0.2, 0.25) is 17.7 Å². The summed E-state index contributed by atoms with van der Waals surface area (Å²) >= 11 is 2.28. The number of nitrogens with one attached hydrogen (secondary N) is 1. The highest BCUT2D eigenvalue weighted by Crippen LogP contribution is 2.54. The van der Waals surface area contributed by atoms with Gasteiger partial charge in [-0.05, 0) is 54.7 Å². The van der Waals surface area contributed by atoms with E-state index in [1.807, 2.05) is 62.4 Å². The Bertz CT molecular complexity index is 1780. The number of anilines is 2. The molecule has 1 N–H and O–H groups in total. The number of imide groups is 1. The summed E-state index contributed by atoms with van der Waals surface area (Å²) in [5.74, 6) is -2.09. The first kappa shape index (κ1) is 29.1. The molecule has 6 rings (SSSR count). The summed E-state index contributed by atoms with van der Waals surface area (Å²) in [5, 5.41) is 2.72. The molecule has 0 unspecified atom stereocenters. The van der Waals surface area contributed by atoms with E-state index in [9.17, 15) is 19.2 Å². The zero-order chi connectivity index (χ0) is 30.6. The van der Waals surface area contributed by atoms with Crippen LogP contribution in [0.5, 0.6) is 0 Å². The second-order valence-corrected chi connectivity index (χ2v) is 14.4. The van der Waals surface area contributed by atoms with Crippen molar-refractivity contribution in [3.63, 3.8) is 0 Å². The van der Waals surface area contributed by atoms with Gasteiger partial charge in [-0.3, -0.25) is 23.7 Å². The minimum Gasteiger partial charge on any atom is -0.325 e. The Labute approximate surface area is 258 Å². The molecule has 3 aromatic carbocycles. The van der Waals surface area contributed by atoms with Gasteiger partial charge in [0.05, 0.1) is 16.6 Å². The summed E-state index contributed by atoms with van der Waals surface area (Å²) in [6.45, 7) is 10.1. The Morgan fingerprint density at radius 3 is 2.05 bits per heavy atom. The number of thiazole rings is 1. The first-order valence-corrected chi connectivity index (χ1v) is 15.9. The van der Waals surface area contributed by atoms with Gasteiger partial charge in [0.15, 0.2) is 0 Å². The van der Waals surface area contributed by atoms with Crippen LogP contribution in [0, 0.1) is 19.8 Å². The number of amides is 3. The third-order valence-electron chi connectivity index (χ3n) is 8.11. The number of aromatic nitrogens is 1. The van der Waals surface area contributed by atoms with E-state index in [0.29, 0.717) is 16.4 Å². The topological polar surface area (TPSA) is 88.5 Å². The Kier molecular flexibility index (Phi) is 7.42. The van der Waals surface area contributed by atoms with E-state index in [4.69, 9.17) is 0 Å². The lowest BCUT2D eigenvalue weighted by Gasteiger charge is -2.31. The Morgan fingerprint density at radius 2 is 1.44 bits per heavy atom. The molecule has 1 aromatic heterocycles. The summed E-state index contributed by atoms with van der Waals surface area (Å²) in [6.07, 6.45) is 0. The third-order valence-corrected chi connectivity index (χ3v) is 10.7. The number of thioether (sulfide) groups is 1. The van der Waals surface area contributed by atoms with E-state index in [-0.39, 0.29) is 34.6 Å². The van der Waals surface area contributed by atoms with Gasteiger partial charge in [-0.15, -0.1) is 0 Å². The first-order valence-electron chi connectivity index (χ1n) is 14.2. The number of fused-ring (bicyclic) bond motifs is 2. The van der Waals surface area contributed by atoms with Crippen molar-refractivity contribution in [3.8, 4) is 0 Å². The monoisotopic (exact) mass is 611 g/mol. The van der Waals surface area contributed by atoms with Crippen LogP contribution in [0.2, 0.25) is 0 Å². The molecule has 9 heteroatoms. The number of hydrogen-bond donors (Lipinski definition) is 1. The molecule has 4 aromatic rings. The van der Waals surface area contributed by atoms with Gasteiger partial charge in [-0.2, -0.15) is 0 Å². The quantitative estimate of drug-likeness (QED) is 0.269. The molecular formula is C34H33N3O4S2. The van der Waals surface area contributed by atoms with Crippen molar-refractivity contribution in [2.24, 2.45) is 5.92 Å². The van der Waals surface area contributed by atoms with Crippen molar-refractivity contribution in [2.45, 2.75) is 62.8 Å². The smallest absolute Gasteiger partial charge is 0.308 e. The highest BCUT2D eigenvalue weighted by Gasteiger charge is 2.56. The van der Waals surface area contributed by atoms with Gasteiger partial charge in [0.25, 0.3) is 0 Å². The predicted octanol–water partition coefficient (Wildman–Crippen LogP) is 6.26. The van der Waals surface area contributed by atoms with Crippen LogP contribution >= 0.6 is 23.1 Å². The van der Waals surface area contributed by atoms with Gasteiger partial charge in [-0.25, -0.2) is 4.90 Å². The minimum absolute atomic E-state index is 0.0605. The fourth-order valence-electron chi connectivity index (χ4n) is 5.73. The summed E-state index contributed by atoms with van der Waals surface area (Å²) < 4.78 is 1.45. The van der Waals surface area contributed by atoms with Crippen molar-refractivity contribution in [2.75, 3.05) is 10.2 Å². The first-order chi connectivity index (χ1) is 20.4. The van der Waals surface area contributed by atoms with Crippen molar-refractivity contribution >= 4 is 52.2 Å². The molecule has 0 bridgehead atoms. The number of nitrogens with zero attached hydrogens (tertiary/aromatic N) is 2. The molecule has 3 atom stereocenters. The third kappa shape index (κ3) is 5.36. The van der Waals surface area contributed by atoms with Crippen molar-refractivity contribution < 1.29 is 14.4 Å². The van der Waals surface area contributed by atoms with Gasteiger partial charge < -0.3 is 5.32 Å². The summed E-state index contributed by atoms with van der Waals surface area (Å²) in [7, 11) is 0. The largest absolute Gasteiger partial charge is 0.325 e. The summed E-state index contributed by atoms with van der Waals surface area (Å²) in [5.41, 5.74) is 5.24. The standard InChI is InChI=1S/C34H33N3O4S2/c1-19-6-14-23(15-7-19)35-25(38)18-36-32-29(43-33(36)41)26(21-10-12-22(13-11-21)34(3,4)5)27-28(42-32)31(40)37(30(27)39)24-16-8-20(2)9-17-24/h6-17,26-28H,18H2,1-5H3,(H,35,38)/t26-,27-,28+/m0/s1. The minimum atomic E-state index is -0.728. The zero-order valence-electron chi connectivity index (χ0n) is 24.7. The maximum atomic E-state index is 14.1. The van der Waals surface area contributed by atoms with Gasteiger partial charge in [0, 0.05) is 16.5 Å². The van der Waals surface area contributed by atoms with E-state index in [0.717, 1.165) is 38.5 Å². The Balaban J connectivity index is 1.41. The fraction of sp³-hybridized carbons (Fsp3) is 0.294. The maximum absolute atomic E-state index is 14.1. The predicted molar refractivity (Wildman–Crippen MR) is 172 cm³/mol. The second-order valence-electron chi connectivity index (χ2n) is 12.3. The maximum Gasteiger partial charge on any atom is 0.308 e. The normalized spacial score (nSPS) is 19.7. The lowest BCUT2D eigenvalue weighted by Crippen LogP contribution is -2.33. The molecule has 3 amide bonds. The van der Waals surface area contributed by atoms with Crippen LogP contribution < -0.4 is 15.1 Å². The van der Waals surface area contributed by atoms with Gasteiger partial charge >= 0.3 is 4.87 Å². The van der Waals surface area contributed by atoms with E-state index in [1.165, 1.54) is 21.2 Å². The summed E-state index contributed by atoms with van der Waals surface area (Å²) in [4.78, 5) is 56.3. The number of hydrogen-bond acceptors (Lipinski definition) is 6. The molecule has 220 valence electrons. The number of aryl methyl sites for hydroxylation is 2. The van der Waals surface area contributed by atoms with Crippen molar-refractivity contribution in [3.05, 3.63) is 110 Å². The van der Waals surface area contributed by atoms with Crippen LogP contribution in [0.3, 0.4) is 0 Å². The van der Waals surface area contributed by atoms with E-state index < -0.39 is 17.1 Å². The van der Waals surface area contributed by atoms with Crippen LogP contribution in [-0.2, 0) is 26.3 Å². The molecule has 0 saturated carbocycles. The number of rotatable bonds is 5. The van der Waals surface area contributed by atoms with E-state index >= 15 is 0 Å². The SMILES string of the molecule is Cc1ccc(NC(=O)Cn2c3c(sc2=O)[C@@H](c2ccc(C(C)(C)C)cc2)[C@@H]2C(=O)N(c4ccc(C)cc4)C(=O)[C@@H]2S3)cc1. The highest BCUT2D eigenvalue weighted by molar-refractivity contribution is 8.00. The molecule has 7 nitrogen and oxygen atoms in total. The Morgan fingerprint density at radius 1 is 0.837 bits per heavy atom. The highest BCUT2D eigenvalue weighted by atomic mass is 32.2. The molecule has 3 heterocycles. The van der Waals surface area contributed by atoms with E-state index in [2.05, 4.69) is 38.2 Å². The molecule has 43 heavy (non-hydrogen) atoms. The molecule has 0 radical (unpaired) electrons. The zero-order valence-corrected chi connectivity index (χ0v) is 26.3.